The van der Waals surface area contributed by atoms with Crippen molar-refractivity contribution < 1.29 is 19.2 Å². The van der Waals surface area contributed by atoms with Crippen LogP contribution < -0.4 is 9.80 Å². The molecule has 1 fully saturated rings. The molecule has 2 aromatic carbocycles. The van der Waals surface area contributed by atoms with E-state index in [1.807, 2.05) is 36.1 Å². The topological polar surface area (TPSA) is 93.0 Å². The van der Waals surface area contributed by atoms with Gasteiger partial charge >= 0.3 is 5.97 Å². The summed E-state index contributed by atoms with van der Waals surface area (Å²) in [5, 5.41) is 11.6. The second-order valence-electron chi connectivity index (χ2n) is 8.03. The third kappa shape index (κ3) is 4.23. The SMILES string of the molecule is C[C@H]1Cc2ccccc2N1C(=O)COC(=O)c1ccc(N2CCCCC2)c([N+](=O)[O-])c1. The Morgan fingerprint density at radius 2 is 1.84 bits per heavy atom. The number of nitro benzene ring substituents is 1. The van der Waals surface area contributed by atoms with Crippen molar-refractivity contribution in [3.05, 3.63) is 63.7 Å². The quantitative estimate of drug-likeness (QED) is 0.413. The molecule has 0 aliphatic carbocycles. The monoisotopic (exact) mass is 423 g/mol. The lowest BCUT2D eigenvalue weighted by atomic mass is 10.1. The molecular weight excluding hydrogens is 398 g/mol. The van der Waals surface area contributed by atoms with E-state index in [0.717, 1.165) is 50.0 Å². The number of amides is 1. The van der Waals surface area contributed by atoms with Crippen LogP contribution in [0.15, 0.2) is 42.5 Å². The number of hydrogen-bond donors (Lipinski definition) is 0. The van der Waals surface area contributed by atoms with Gasteiger partial charge in [0, 0.05) is 30.9 Å². The number of fused-ring (bicyclic) bond motifs is 1. The molecule has 0 spiro atoms. The number of nitrogens with zero attached hydrogens (tertiary/aromatic N) is 3. The summed E-state index contributed by atoms with van der Waals surface area (Å²) in [6, 6.07) is 12.0. The Labute approximate surface area is 180 Å². The zero-order chi connectivity index (χ0) is 22.0. The Morgan fingerprint density at radius 3 is 2.58 bits per heavy atom. The highest BCUT2D eigenvalue weighted by Gasteiger charge is 2.31. The van der Waals surface area contributed by atoms with Crippen LogP contribution in [0.2, 0.25) is 0 Å². The van der Waals surface area contributed by atoms with Crippen LogP contribution in [-0.4, -0.2) is 42.5 Å². The van der Waals surface area contributed by atoms with Crippen LogP contribution in [0.4, 0.5) is 17.1 Å². The maximum absolute atomic E-state index is 12.7. The normalized spacial score (nSPS) is 17.9. The van der Waals surface area contributed by atoms with Crippen molar-refractivity contribution in [2.24, 2.45) is 0 Å². The van der Waals surface area contributed by atoms with Gasteiger partial charge in [0.05, 0.1) is 10.5 Å². The fraction of sp³-hybridized carbons (Fsp3) is 0.391. The second-order valence-corrected chi connectivity index (χ2v) is 8.03. The smallest absolute Gasteiger partial charge is 0.338 e. The van der Waals surface area contributed by atoms with Crippen molar-refractivity contribution in [2.45, 2.75) is 38.6 Å². The molecule has 2 aliphatic rings. The van der Waals surface area contributed by atoms with Gasteiger partial charge in [-0.15, -0.1) is 0 Å². The molecule has 2 heterocycles. The van der Waals surface area contributed by atoms with Crippen molar-refractivity contribution in [1.82, 2.24) is 0 Å². The summed E-state index contributed by atoms with van der Waals surface area (Å²) in [6.07, 6.45) is 3.84. The summed E-state index contributed by atoms with van der Waals surface area (Å²) in [5.41, 5.74) is 2.37. The molecule has 0 bridgehead atoms. The number of rotatable bonds is 5. The summed E-state index contributed by atoms with van der Waals surface area (Å²) < 4.78 is 5.22. The van der Waals surface area contributed by atoms with Crippen molar-refractivity contribution in [1.29, 1.82) is 0 Å². The fourth-order valence-corrected chi connectivity index (χ4v) is 4.42. The van der Waals surface area contributed by atoms with Crippen molar-refractivity contribution in [3.8, 4) is 0 Å². The third-order valence-corrected chi connectivity index (χ3v) is 5.91. The zero-order valence-corrected chi connectivity index (χ0v) is 17.5. The molecule has 0 unspecified atom stereocenters. The Balaban J connectivity index is 1.45. The summed E-state index contributed by atoms with van der Waals surface area (Å²) in [5.74, 6) is -1.06. The van der Waals surface area contributed by atoms with Gasteiger partial charge in [0.15, 0.2) is 6.61 Å². The number of anilines is 2. The van der Waals surface area contributed by atoms with E-state index in [4.69, 9.17) is 4.74 Å². The molecule has 8 nitrogen and oxygen atoms in total. The minimum absolute atomic E-state index is 0.0199. The molecule has 31 heavy (non-hydrogen) atoms. The predicted molar refractivity (Wildman–Crippen MR) is 117 cm³/mol. The molecule has 1 saturated heterocycles. The number of piperidine rings is 1. The van der Waals surface area contributed by atoms with Gasteiger partial charge in [0.2, 0.25) is 0 Å². The van der Waals surface area contributed by atoms with Crippen LogP contribution in [0, 0.1) is 10.1 Å². The standard InChI is InChI=1S/C23H25N3O5/c1-16-13-17-7-3-4-8-19(17)25(16)22(27)15-31-23(28)18-9-10-20(21(14-18)26(29)30)24-11-5-2-6-12-24/h3-4,7-10,14,16H,2,5-6,11-13,15H2,1H3/t16-/m0/s1. The molecule has 0 radical (unpaired) electrons. The van der Waals surface area contributed by atoms with Crippen LogP contribution in [-0.2, 0) is 16.0 Å². The molecule has 2 aliphatic heterocycles. The molecule has 2 aromatic rings. The Hall–Kier alpha value is -3.42. The Kier molecular flexibility index (Phi) is 5.88. The van der Waals surface area contributed by atoms with Crippen LogP contribution in [0.25, 0.3) is 0 Å². The lowest BCUT2D eigenvalue weighted by molar-refractivity contribution is -0.384. The van der Waals surface area contributed by atoms with E-state index in [1.165, 1.54) is 12.1 Å². The van der Waals surface area contributed by atoms with Gasteiger partial charge in [0.25, 0.3) is 11.6 Å². The fourth-order valence-electron chi connectivity index (χ4n) is 4.42. The van der Waals surface area contributed by atoms with Gasteiger partial charge < -0.3 is 14.5 Å². The van der Waals surface area contributed by atoms with E-state index >= 15 is 0 Å². The number of benzene rings is 2. The minimum atomic E-state index is -0.748. The first-order valence-electron chi connectivity index (χ1n) is 10.6. The van der Waals surface area contributed by atoms with E-state index in [1.54, 1.807) is 11.0 Å². The summed E-state index contributed by atoms with van der Waals surface area (Å²) in [6.45, 7) is 3.05. The van der Waals surface area contributed by atoms with E-state index in [-0.39, 0.29) is 23.2 Å². The minimum Gasteiger partial charge on any atom is -0.452 e. The maximum Gasteiger partial charge on any atom is 0.338 e. The van der Waals surface area contributed by atoms with Crippen molar-refractivity contribution in [2.75, 3.05) is 29.5 Å². The number of nitro groups is 1. The van der Waals surface area contributed by atoms with E-state index in [9.17, 15) is 19.7 Å². The Bertz CT molecular complexity index is 1020. The Morgan fingerprint density at radius 1 is 1.10 bits per heavy atom. The zero-order valence-electron chi connectivity index (χ0n) is 17.5. The number of carbonyl (C=O) groups excluding carboxylic acids is 2. The van der Waals surface area contributed by atoms with Gasteiger partial charge in [-0.05, 0) is 56.4 Å². The molecule has 0 N–H and O–H groups in total. The van der Waals surface area contributed by atoms with Gasteiger partial charge in [-0.25, -0.2) is 4.79 Å². The van der Waals surface area contributed by atoms with Gasteiger partial charge in [-0.2, -0.15) is 0 Å². The number of hydrogen-bond acceptors (Lipinski definition) is 6. The van der Waals surface area contributed by atoms with Crippen molar-refractivity contribution >= 4 is 28.9 Å². The van der Waals surface area contributed by atoms with E-state index in [2.05, 4.69) is 0 Å². The lowest BCUT2D eigenvalue weighted by Gasteiger charge is -2.28. The second kappa shape index (κ2) is 8.75. The van der Waals surface area contributed by atoms with Crippen LogP contribution in [0.5, 0.6) is 0 Å². The highest BCUT2D eigenvalue weighted by molar-refractivity contribution is 5.99. The number of ether oxygens (including phenoxy) is 1. The van der Waals surface area contributed by atoms with Crippen LogP contribution in [0.1, 0.15) is 42.1 Å². The maximum atomic E-state index is 12.7. The molecule has 0 saturated carbocycles. The lowest BCUT2D eigenvalue weighted by Crippen LogP contribution is -2.38. The largest absolute Gasteiger partial charge is 0.452 e. The summed E-state index contributed by atoms with van der Waals surface area (Å²) >= 11 is 0. The average molecular weight is 423 g/mol. The van der Waals surface area contributed by atoms with Gasteiger partial charge in [-0.3, -0.25) is 14.9 Å². The number of para-hydroxylation sites is 1. The summed E-state index contributed by atoms with van der Waals surface area (Å²) in [7, 11) is 0. The third-order valence-electron chi connectivity index (χ3n) is 5.91. The van der Waals surface area contributed by atoms with Gasteiger partial charge in [-0.1, -0.05) is 18.2 Å². The molecule has 8 heteroatoms. The van der Waals surface area contributed by atoms with Crippen LogP contribution in [0.3, 0.4) is 0 Å². The highest BCUT2D eigenvalue weighted by Crippen LogP contribution is 2.33. The molecule has 1 atom stereocenters. The van der Waals surface area contributed by atoms with Gasteiger partial charge in [0.1, 0.15) is 5.69 Å². The number of esters is 1. The highest BCUT2D eigenvalue weighted by atomic mass is 16.6. The first kappa shape index (κ1) is 20.8. The van der Waals surface area contributed by atoms with E-state index in [0.29, 0.717) is 5.69 Å². The molecule has 1 amide bonds. The average Bonchev–Trinajstić information content (AvgIpc) is 3.13. The number of carbonyl (C=O) groups is 2. The molecule has 0 aromatic heterocycles. The first-order valence-corrected chi connectivity index (χ1v) is 10.6. The molecule has 4 rings (SSSR count). The summed E-state index contributed by atoms with van der Waals surface area (Å²) in [4.78, 5) is 40.0. The van der Waals surface area contributed by atoms with Crippen LogP contribution >= 0.6 is 0 Å². The molecular formula is C23H25N3O5. The van der Waals surface area contributed by atoms with E-state index < -0.39 is 17.5 Å². The first-order chi connectivity index (χ1) is 15.0. The molecule has 162 valence electrons. The van der Waals surface area contributed by atoms with Crippen molar-refractivity contribution in [3.63, 3.8) is 0 Å². The predicted octanol–water partition coefficient (Wildman–Crippen LogP) is 3.72.